The van der Waals surface area contributed by atoms with Crippen molar-refractivity contribution in [3.63, 3.8) is 0 Å². The van der Waals surface area contributed by atoms with Crippen LogP contribution in [0.25, 0.3) is 5.69 Å². The van der Waals surface area contributed by atoms with E-state index >= 15 is 0 Å². The minimum atomic E-state index is -2.01. The second-order valence-corrected chi connectivity index (χ2v) is 4.01. The fraction of sp³-hybridized carbons (Fsp3) is 0.100. The Bertz CT molecular complexity index is 524. The molecular formula is C10H10N2O3S. The summed E-state index contributed by atoms with van der Waals surface area (Å²) in [6.07, 6.45) is 2.84. The van der Waals surface area contributed by atoms with Crippen LogP contribution in [0, 0.1) is 0 Å². The smallest absolute Gasteiger partial charge is 0.189 e. The summed E-state index contributed by atoms with van der Waals surface area (Å²) in [4.78, 5) is 0.255. The van der Waals surface area contributed by atoms with E-state index in [1.165, 1.54) is 17.1 Å². The average Bonchev–Trinajstić information content (AvgIpc) is 2.78. The molecule has 1 aromatic carbocycles. The Morgan fingerprint density at radius 1 is 1.44 bits per heavy atom. The molecule has 6 heteroatoms. The summed E-state index contributed by atoms with van der Waals surface area (Å²) in [6, 6.07) is 7.30. The number of ether oxygens (including phenoxy) is 1. The number of hydrogen-bond acceptors (Lipinski definition) is 3. The molecule has 0 fully saturated rings. The fourth-order valence-corrected chi connectivity index (χ4v) is 1.67. The Morgan fingerprint density at radius 3 is 2.81 bits per heavy atom. The molecule has 0 aliphatic heterocycles. The average molecular weight is 238 g/mol. The van der Waals surface area contributed by atoms with Crippen LogP contribution in [0.2, 0.25) is 0 Å². The van der Waals surface area contributed by atoms with Crippen LogP contribution in [0.1, 0.15) is 0 Å². The van der Waals surface area contributed by atoms with E-state index in [-0.39, 0.29) is 4.90 Å². The van der Waals surface area contributed by atoms with Crippen LogP contribution in [0.3, 0.4) is 0 Å². The number of benzene rings is 1. The van der Waals surface area contributed by atoms with Crippen LogP contribution in [0.5, 0.6) is 5.75 Å². The maximum Gasteiger partial charge on any atom is 0.189 e. The molecule has 0 saturated heterocycles. The van der Waals surface area contributed by atoms with E-state index in [1.807, 2.05) is 18.2 Å². The Balaban J connectivity index is 2.46. The van der Waals surface area contributed by atoms with Gasteiger partial charge in [-0.05, 0) is 12.1 Å². The minimum absolute atomic E-state index is 0.255. The van der Waals surface area contributed by atoms with Crippen LogP contribution in [0.4, 0.5) is 0 Å². The SMILES string of the molecule is COc1ccccc1-n1cc(S(=O)O)cn1. The van der Waals surface area contributed by atoms with Gasteiger partial charge in [0.2, 0.25) is 0 Å². The lowest BCUT2D eigenvalue weighted by atomic mass is 10.3. The third-order valence-electron chi connectivity index (χ3n) is 2.09. The Labute approximate surface area is 95.0 Å². The molecule has 5 nitrogen and oxygen atoms in total. The molecule has 16 heavy (non-hydrogen) atoms. The molecular weight excluding hydrogens is 228 g/mol. The lowest BCUT2D eigenvalue weighted by Crippen LogP contribution is -1.97. The minimum Gasteiger partial charge on any atom is -0.494 e. The summed E-state index contributed by atoms with van der Waals surface area (Å²) in [5.41, 5.74) is 0.724. The highest BCUT2D eigenvalue weighted by molar-refractivity contribution is 7.79. The van der Waals surface area contributed by atoms with Crippen molar-refractivity contribution >= 4 is 11.1 Å². The highest BCUT2D eigenvalue weighted by Gasteiger charge is 2.08. The van der Waals surface area contributed by atoms with Gasteiger partial charge in [0, 0.05) is 6.20 Å². The van der Waals surface area contributed by atoms with Gasteiger partial charge in [0.25, 0.3) is 0 Å². The van der Waals surface area contributed by atoms with E-state index in [4.69, 9.17) is 9.29 Å². The number of nitrogens with zero attached hydrogens (tertiary/aromatic N) is 2. The van der Waals surface area contributed by atoms with Crippen molar-refractivity contribution in [3.05, 3.63) is 36.7 Å². The van der Waals surface area contributed by atoms with Crippen LogP contribution in [-0.4, -0.2) is 25.7 Å². The zero-order chi connectivity index (χ0) is 11.5. The molecule has 0 radical (unpaired) electrons. The van der Waals surface area contributed by atoms with Crippen LogP contribution < -0.4 is 4.74 Å². The molecule has 1 heterocycles. The maximum absolute atomic E-state index is 10.8. The summed E-state index contributed by atoms with van der Waals surface area (Å²) in [7, 11) is 1.56. The van der Waals surface area contributed by atoms with Gasteiger partial charge in [0.05, 0.1) is 13.3 Å². The van der Waals surface area contributed by atoms with E-state index < -0.39 is 11.1 Å². The van der Waals surface area contributed by atoms with E-state index in [9.17, 15) is 4.21 Å². The van der Waals surface area contributed by atoms with Gasteiger partial charge >= 0.3 is 0 Å². The molecule has 1 unspecified atom stereocenters. The van der Waals surface area contributed by atoms with Gasteiger partial charge in [-0.2, -0.15) is 5.10 Å². The lowest BCUT2D eigenvalue weighted by molar-refractivity contribution is 0.411. The molecule has 1 atom stereocenters. The van der Waals surface area contributed by atoms with E-state index in [0.717, 1.165) is 5.69 Å². The van der Waals surface area contributed by atoms with Crippen molar-refractivity contribution in [2.45, 2.75) is 4.90 Å². The predicted molar refractivity (Wildman–Crippen MR) is 59.2 cm³/mol. The van der Waals surface area contributed by atoms with Gasteiger partial charge in [-0.25, -0.2) is 8.89 Å². The fourth-order valence-electron chi connectivity index (χ4n) is 1.35. The Morgan fingerprint density at radius 2 is 2.19 bits per heavy atom. The van der Waals surface area contributed by atoms with Gasteiger partial charge in [-0.15, -0.1) is 0 Å². The highest BCUT2D eigenvalue weighted by atomic mass is 32.2. The molecule has 1 N–H and O–H groups in total. The maximum atomic E-state index is 10.8. The normalized spacial score (nSPS) is 12.4. The summed E-state index contributed by atoms with van der Waals surface area (Å²) >= 11 is -2.01. The number of rotatable bonds is 3. The highest BCUT2D eigenvalue weighted by Crippen LogP contribution is 2.21. The van der Waals surface area contributed by atoms with Gasteiger partial charge < -0.3 is 9.29 Å². The zero-order valence-corrected chi connectivity index (χ0v) is 9.35. The zero-order valence-electron chi connectivity index (χ0n) is 8.53. The topological polar surface area (TPSA) is 64.3 Å². The van der Waals surface area contributed by atoms with Gasteiger partial charge in [-0.1, -0.05) is 12.1 Å². The predicted octanol–water partition coefficient (Wildman–Crippen LogP) is 1.46. The standard InChI is InChI=1S/C10H10N2O3S/c1-15-10-5-3-2-4-9(10)12-7-8(6-11-12)16(13)14/h2-7H,1H3,(H,13,14). The monoisotopic (exact) mass is 238 g/mol. The summed E-state index contributed by atoms with van der Waals surface area (Å²) in [6.45, 7) is 0. The van der Waals surface area contributed by atoms with Crippen molar-refractivity contribution in [1.29, 1.82) is 0 Å². The molecule has 0 saturated carbocycles. The summed E-state index contributed by atoms with van der Waals surface area (Å²) in [5.74, 6) is 0.654. The Hall–Kier alpha value is -1.66. The molecule has 2 aromatic rings. The molecule has 0 amide bonds. The quantitative estimate of drug-likeness (QED) is 0.822. The van der Waals surface area contributed by atoms with Crippen molar-refractivity contribution in [2.75, 3.05) is 7.11 Å². The first-order valence-electron chi connectivity index (χ1n) is 4.51. The third-order valence-corrected chi connectivity index (χ3v) is 2.71. The van der Waals surface area contributed by atoms with E-state index in [2.05, 4.69) is 5.10 Å². The first-order valence-corrected chi connectivity index (χ1v) is 5.62. The van der Waals surface area contributed by atoms with Crippen molar-refractivity contribution in [1.82, 2.24) is 9.78 Å². The number of methoxy groups -OCH3 is 1. The molecule has 0 aliphatic carbocycles. The largest absolute Gasteiger partial charge is 0.494 e. The number of hydrogen-bond donors (Lipinski definition) is 1. The first kappa shape index (κ1) is 10.8. The van der Waals surface area contributed by atoms with Crippen molar-refractivity contribution in [3.8, 4) is 11.4 Å². The van der Waals surface area contributed by atoms with Gasteiger partial charge in [0.1, 0.15) is 16.3 Å². The van der Waals surface area contributed by atoms with Crippen molar-refractivity contribution in [2.24, 2.45) is 0 Å². The first-order chi connectivity index (χ1) is 7.72. The van der Waals surface area contributed by atoms with Gasteiger partial charge in [-0.3, -0.25) is 0 Å². The molecule has 0 aliphatic rings. The number of aromatic nitrogens is 2. The second kappa shape index (κ2) is 4.46. The molecule has 1 aromatic heterocycles. The van der Waals surface area contributed by atoms with E-state index in [0.29, 0.717) is 5.75 Å². The summed E-state index contributed by atoms with van der Waals surface area (Å²) in [5, 5.41) is 4.00. The third kappa shape index (κ3) is 1.98. The van der Waals surface area contributed by atoms with Crippen LogP contribution >= 0.6 is 0 Å². The molecule has 84 valence electrons. The molecule has 0 spiro atoms. The molecule has 2 rings (SSSR count). The Kier molecular flexibility index (Phi) is 3.02. The van der Waals surface area contributed by atoms with Crippen LogP contribution in [-0.2, 0) is 11.1 Å². The lowest BCUT2D eigenvalue weighted by Gasteiger charge is -2.06. The number of para-hydroxylation sites is 2. The molecule has 0 bridgehead atoms. The second-order valence-electron chi connectivity index (χ2n) is 3.04. The summed E-state index contributed by atoms with van der Waals surface area (Å²) < 4.78 is 26.4. The van der Waals surface area contributed by atoms with E-state index in [1.54, 1.807) is 13.2 Å². The van der Waals surface area contributed by atoms with Crippen LogP contribution in [0.15, 0.2) is 41.6 Å². The van der Waals surface area contributed by atoms with Gasteiger partial charge in [0.15, 0.2) is 11.1 Å². The van der Waals surface area contributed by atoms with Crippen molar-refractivity contribution < 1.29 is 13.5 Å².